The van der Waals surface area contributed by atoms with E-state index in [2.05, 4.69) is 25.7 Å². The zero-order chi connectivity index (χ0) is 13.4. The molecule has 1 rings (SSSR count). The van der Waals surface area contributed by atoms with Gasteiger partial charge in [0.1, 0.15) is 0 Å². The molecular formula is C16H34N2. The number of nitrogens with zero attached hydrogens (tertiary/aromatic N) is 1. The van der Waals surface area contributed by atoms with E-state index >= 15 is 0 Å². The van der Waals surface area contributed by atoms with Crippen molar-refractivity contribution >= 4 is 0 Å². The summed E-state index contributed by atoms with van der Waals surface area (Å²) in [5.41, 5.74) is 5.77. The van der Waals surface area contributed by atoms with Crippen molar-refractivity contribution in [2.45, 2.75) is 71.8 Å². The third-order valence-electron chi connectivity index (χ3n) is 4.57. The third-order valence-corrected chi connectivity index (χ3v) is 4.57. The number of hydrogen-bond donors (Lipinski definition) is 1. The van der Waals surface area contributed by atoms with Gasteiger partial charge in [-0.3, -0.25) is 0 Å². The molecule has 0 spiro atoms. The van der Waals surface area contributed by atoms with Gasteiger partial charge in [-0.1, -0.05) is 19.8 Å². The van der Waals surface area contributed by atoms with Crippen molar-refractivity contribution < 1.29 is 0 Å². The summed E-state index contributed by atoms with van der Waals surface area (Å²) in [4.78, 5) is 2.70. The van der Waals surface area contributed by atoms with Gasteiger partial charge in [-0.25, -0.2) is 0 Å². The molecule has 1 fully saturated rings. The summed E-state index contributed by atoms with van der Waals surface area (Å²) in [7, 11) is 0. The van der Waals surface area contributed by atoms with E-state index in [-0.39, 0.29) is 0 Å². The Labute approximate surface area is 114 Å². The molecule has 18 heavy (non-hydrogen) atoms. The molecule has 1 saturated carbocycles. The second-order valence-electron chi connectivity index (χ2n) is 6.42. The van der Waals surface area contributed by atoms with Crippen LogP contribution in [-0.4, -0.2) is 30.6 Å². The monoisotopic (exact) mass is 254 g/mol. The highest BCUT2D eigenvalue weighted by molar-refractivity contribution is 4.76. The van der Waals surface area contributed by atoms with Crippen molar-refractivity contribution in [1.82, 2.24) is 4.90 Å². The quantitative estimate of drug-likeness (QED) is 0.670. The molecule has 0 bridgehead atoms. The summed E-state index contributed by atoms with van der Waals surface area (Å²) >= 11 is 0. The smallest absolute Gasteiger partial charge is 0.00387 e. The normalized spacial score (nSPS) is 25.0. The zero-order valence-corrected chi connectivity index (χ0v) is 12.8. The summed E-state index contributed by atoms with van der Waals surface area (Å²) in [6.45, 7) is 10.5. The molecular weight excluding hydrogens is 220 g/mol. The minimum absolute atomic E-state index is 0.703. The van der Waals surface area contributed by atoms with Crippen molar-refractivity contribution in [2.24, 2.45) is 17.6 Å². The number of hydrogen-bond acceptors (Lipinski definition) is 2. The van der Waals surface area contributed by atoms with Crippen LogP contribution in [-0.2, 0) is 0 Å². The van der Waals surface area contributed by atoms with Gasteiger partial charge in [-0.2, -0.15) is 0 Å². The van der Waals surface area contributed by atoms with Crippen LogP contribution in [0.25, 0.3) is 0 Å². The number of unbranched alkanes of at least 4 members (excludes halogenated alkanes) is 2. The highest BCUT2D eigenvalue weighted by Gasteiger charge is 2.22. The SMILES string of the molecule is CCCCCN(CC1CCC(CN)CC1)C(C)C. The van der Waals surface area contributed by atoms with Gasteiger partial charge in [0.25, 0.3) is 0 Å². The van der Waals surface area contributed by atoms with Crippen LogP contribution >= 0.6 is 0 Å². The maximum atomic E-state index is 5.77. The number of nitrogens with two attached hydrogens (primary N) is 1. The van der Waals surface area contributed by atoms with E-state index in [0.717, 1.165) is 18.4 Å². The molecule has 0 amide bonds. The fourth-order valence-electron chi connectivity index (χ4n) is 3.11. The summed E-state index contributed by atoms with van der Waals surface area (Å²) in [6, 6.07) is 0.703. The van der Waals surface area contributed by atoms with E-state index in [1.807, 2.05) is 0 Å². The van der Waals surface area contributed by atoms with Crippen molar-refractivity contribution in [1.29, 1.82) is 0 Å². The molecule has 0 heterocycles. The minimum atomic E-state index is 0.703. The second-order valence-corrected chi connectivity index (χ2v) is 6.42. The highest BCUT2D eigenvalue weighted by atomic mass is 15.1. The molecule has 0 aliphatic heterocycles. The maximum Gasteiger partial charge on any atom is 0.00387 e. The summed E-state index contributed by atoms with van der Waals surface area (Å²) in [6.07, 6.45) is 9.60. The Morgan fingerprint density at radius 1 is 1.06 bits per heavy atom. The molecule has 0 saturated heterocycles. The van der Waals surface area contributed by atoms with Crippen LogP contribution in [0.5, 0.6) is 0 Å². The van der Waals surface area contributed by atoms with Crippen LogP contribution in [0.15, 0.2) is 0 Å². The molecule has 0 radical (unpaired) electrons. The van der Waals surface area contributed by atoms with Crippen LogP contribution in [0.2, 0.25) is 0 Å². The number of rotatable bonds is 8. The van der Waals surface area contributed by atoms with Gasteiger partial charge in [0.15, 0.2) is 0 Å². The largest absolute Gasteiger partial charge is 0.330 e. The lowest BCUT2D eigenvalue weighted by molar-refractivity contribution is 0.151. The Morgan fingerprint density at radius 2 is 1.67 bits per heavy atom. The molecule has 2 nitrogen and oxygen atoms in total. The van der Waals surface area contributed by atoms with Crippen LogP contribution in [0.4, 0.5) is 0 Å². The van der Waals surface area contributed by atoms with Gasteiger partial charge in [0.05, 0.1) is 0 Å². The van der Waals surface area contributed by atoms with E-state index in [1.165, 1.54) is 58.0 Å². The molecule has 0 atom stereocenters. The Balaban J connectivity index is 2.28. The molecule has 1 aliphatic carbocycles. The summed E-state index contributed by atoms with van der Waals surface area (Å²) < 4.78 is 0. The van der Waals surface area contributed by atoms with Gasteiger partial charge in [0.2, 0.25) is 0 Å². The lowest BCUT2D eigenvalue weighted by Crippen LogP contribution is -2.37. The average Bonchev–Trinajstić information content (AvgIpc) is 2.38. The van der Waals surface area contributed by atoms with Gasteiger partial charge in [-0.05, 0) is 70.9 Å². The first-order chi connectivity index (χ1) is 8.67. The van der Waals surface area contributed by atoms with E-state index < -0.39 is 0 Å². The average molecular weight is 254 g/mol. The van der Waals surface area contributed by atoms with E-state index in [0.29, 0.717) is 6.04 Å². The maximum absolute atomic E-state index is 5.77. The molecule has 108 valence electrons. The lowest BCUT2D eigenvalue weighted by Gasteiger charge is -2.34. The molecule has 2 heteroatoms. The standard InChI is InChI=1S/C16H34N2/c1-4-5-6-11-18(14(2)3)13-16-9-7-15(12-17)8-10-16/h14-16H,4-13,17H2,1-3H3. The molecule has 0 aromatic heterocycles. The summed E-state index contributed by atoms with van der Waals surface area (Å²) in [5.74, 6) is 1.74. The van der Waals surface area contributed by atoms with Crippen LogP contribution in [0.1, 0.15) is 65.7 Å². The molecule has 1 aliphatic rings. The van der Waals surface area contributed by atoms with Crippen LogP contribution < -0.4 is 5.73 Å². The van der Waals surface area contributed by atoms with Crippen LogP contribution in [0.3, 0.4) is 0 Å². The van der Waals surface area contributed by atoms with Gasteiger partial charge < -0.3 is 10.6 Å². The second kappa shape index (κ2) is 8.92. The Kier molecular flexibility index (Phi) is 7.92. The predicted molar refractivity (Wildman–Crippen MR) is 80.7 cm³/mol. The molecule has 0 aromatic rings. The predicted octanol–water partition coefficient (Wildman–Crippen LogP) is 3.65. The lowest BCUT2D eigenvalue weighted by atomic mass is 9.81. The highest BCUT2D eigenvalue weighted by Crippen LogP contribution is 2.29. The van der Waals surface area contributed by atoms with Gasteiger partial charge >= 0.3 is 0 Å². The summed E-state index contributed by atoms with van der Waals surface area (Å²) in [5, 5.41) is 0. The van der Waals surface area contributed by atoms with Crippen molar-refractivity contribution in [3.05, 3.63) is 0 Å². The Morgan fingerprint density at radius 3 is 2.17 bits per heavy atom. The Hall–Kier alpha value is -0.0800. The van der Waals surface area contributed by atoms with Crippen molar-refractivity contribution in [2.75, 3.05) is 19.6 Å². The third kappa shape index (κ3) is 5.71. The van der Waals surface area contributed by atoms with E-state index in [9.17, 15) is 0 Å². The minimum Gasteiger partial charge on any atom is -0.330 e. The van der Waals surface area contributed by atoms with Gasteiger partial charge in [-0.15, -0.1) is 0 Å². The van der Waals surface area contributed by atoms with Crippen molar-refractivity contribution in [3.63, 3.8) is 0 Å². The molecule has 2 N–H and O–H groups in total. The van der Waals surface area contributed by atoms with E-state index in [1.54, 1.807) is 0 Å². The molecule has 0 aromatic carbocycles. The first-order valence-corrected chi connectivity index (χ1v) is 8.11. The topological polar surface area (TPSA) is 29.3 Å². The van der Waals surface area contributed by atoms with Gasteiger partial charge in [0, 0.05) is 12.6 Å². The van der Waals surface area contributed by atoms with Crippen LogP contribution in [0, 0.1) is 11.8 Å². The Bertz CT molecular complexity index is 195. The first kappa shape index (κ1) is 16.0. The van der Waals surface area contributed by atoms with E-state index in [4.69, 9.17) is 5.73 Å². The van der Waals surface area contributed by atoms with Crippen molar-refractivity contribution in [3.8, 4) is 0 Å². The molecule has 0 unspecified atom stereocenters. The fraction of sp³-hybridized carbons (Fsp3) is 1.00. The zero-order valence-electron chi connectivity index (χ0n) is 12.8. The first-order valence-electron chi connectivity index (χ1n) is 8.11. The fourth-order valence-corrected chi connectivity index (χ4v) is 3.11.